The number of anilines is 4. The van der Waals surface area contributed by atoms with Gasteiger partial charge in [0.05, 0.1) is 6.04 Å². The summed E-state index contributed by atoms with van der Waals surface area (Å²) in [5.41, 5.74) is 6.40. The van der Waals surface area contributed by atoms with Crippen LogP contribution in [-0.4, -0.2) is 71.6 Å². The van der Waals surface area contributed by atoms with Gasteiger partial charge in [-0.3, -0.25) is 19.4 Å². The molecule has 2 unspecified atom stereocenters. The van der Waals surface area contributed by atoms with E-state index in [2.05, 4.69) is 31.2 Å². The van der Waals surface area contributed by atoms with Crippen molar-refractivity contribution < 1.29 is 24.6 Å². The average molecular weight is 456 g/mol. The van der Waals surface area contributed by atoms with Crippen LogP contribution >= 0.6 is 0 Å². The second-order valence-corrected chi connectivity index (χ2v) is 7.15. The third kappa shape index (κ3) is 6.63. The van der Waals surface area contributed by atoms with Gasteiger partial charge < -0.3 is 37.2 Å². The Bertz CT molecular complexity index is 1080. The van der Waals surface area contributed by atoms with Crippen LogP contribution in [0.15, 0.2) is 29.1 Å². The number of hydrogen-bond acceptors (Lipinski definition) is 9. The molecular weight excluding hydrogens is 433 g/mol. The number of aliphatic carboxylic acids is 2. The van der Waals surface area contributed by atoms with Crippen molar-refractivity contribution >= 4 is 49.4 Å². The lowest BCUT2D eigenvalue weighted by Crippen LogP contribution is -2.41. The smallest absolute Gasteiger partial charge is 0.326 e. The highest BCUT2D eigenvalue weighted by atomic mass is 16.4. The number of H-pyrrole nitrogens is 1. The fraction of sp³-hybridized carbons (Fsp3) is 0.316. The van der Waals surface area contributed by atoms with E-state index in [0.717, 1.165) is 0 Å². The van der Waals surface area contributed by atoms with Crippen molar-refractivity contribution in [3.8, 4) is 0 Å². The first-order valence-corrected chi connectivity index (χ1v) is 9.72. The van der Waals surface area contributed by atoms with Crippen molar-refractivity contribution in [2.24, 2.45) is 0 Å². The molecule has 14 heteroatoms. The SMILES string of the molecule is Nc1nc2c(c(=O)[nH]1)NC(CNc1ccc(C(=O)NC(CCC(=O)O)C(=O)O)cc1)CN2.[B]. The lowest BCUT2D eigenvalue weighted by atomic mass is 10.1. The number of nitrogens with zero attached hydrogens (tertiary/aromatic N) is 1. The van der Waals surface area contributed by atoms with Crippen molar-refractivity contribution in [3.63, 3.8) is 0 Å². The van der Waals surface area contributed by atoms with Crippen LogP contribution in [0.5, 0.6) is 0 Å². The van der Waals surface area contributed by atoms with Crippen LogP contribution in [0.1, 0.15) is 23.2 Å². The lowest BCUT2D eigenvalue weighted by Gasteiger charge is -2.27. The molecule has 0 saturated heterocycles. The molecule has 2 atom stereocenters. The van der Waals surface area contributed by atoms with Crippen LogP contribution in [0, 0.1) is 0 Å². The molecule has 0 saturated carbocycles. The zero-order valence-corrected chi connectivity index (χ0v) is 17.4. The summed E-state index contributed by atoms with van der Waals surface area (Å²) in [7, 11) is 0. The first-order chi connectivity index (χ1) is 15.2. The summed E-state index contributed by atoms with van der Waals surface area (Å²) < 4.78 is 0. The van der Waals surface area contributed by atoms with Crippen LogP contribution in [-0.2, 0) is 9.59 Å². The molecule has 1 aliphatic heterocycles. The number of amides is 1. The van der Waals surface area contributed by atoms with Crippen LogP contribution in [0.25, 0.3) is 0 Å². The topological polar surface area (TPSA) is 212 Å². The van der Waals surface area contributed by atoms with E-state index in [0.29, 0.717) is 30.3 Å². The van der Waals surface area contributed by atoms with Gasteiger partial charge in [0, 0.05) is 39.2 Å². The van der Waals surface area contributed by atoms with Gasteiger partial charge >= 0.3 is 11.9 Å². The molecule has 0 aliphatic carbocycles. The molecule has 1 aromatic carbocycles. The van der Waals surface area contributed by atoms with Gasteiger partial charge in [-0.25, -0.2) is 4.79 Å². The number of nitrogens with two attached hydrogens (primary N) is 1. The zero-order valence-electron chi connectivity index (χ0n) is 17.4. The number of rotatable bonds is 9. The van der Waals surface area contributed by atoms with E-state index in [4.69, 9.17) is 15.9 Å². The Kier molecular flexibility index (Phi) is 8.26. The predicted molar refractivity (Wildman–Crippen MR) is 122 cm³/mol. The first kappa shape index (κ1) is 25.0. The summed E-state index contributed by atoms with van der Waals surface area (Å²) in [6.45, 7) is 0.960. The summed E-state index contributed by atoms with van der Waals surface area (Å²) >= 11 is 0. The number of nitrogen functional groups attached to an aromatic ring is 1. The van der Waals surface area contributed by atoms with Crippen LogP contribution in [0.4, 0.5) is 23.1 Å². The number of carboxylic acid groups (broad SMARTS) is 2. The van der Waals surface area contributed by atoms with Crippen molar-refractivity contribution in [1.29, 1.82) is 0 Å². The summed E-state index contributed by atoms with van der Waals surface area (Å²) in [5.74, 6) is -2.64. The van der Waals surface area contributed by atoms with Crippen LogP contribution < -0.4 is 32.6 Å². The highest BCUT2D eigenvalue weighted by Crippen LogP contribution is 2.20. The number of aromatic amines is 1. The second-order valence-electron chi connectivity index (χ2n) is 7.15. The molecule has 1 aromatic heterocycles. The minimum atomic E-state index is -1.30. The molecule has 1 aliphatic rings. The van der Waals surface area contributed by atoms with Crippen molar-refractivity contribution in [2.75, 3.05) is 34.8 Å². The van der Waals surface area contributed by atoms with Crippen molar-refractivity contribution in [2.45, 2.75) is 24.9 Å². The number of carbonyl (C=O) groups excluding carboxylic acids is 1. The molecular formula is C19H23BN7O6. The van der Waals surface area contributed by atoms with E-state index in [1.807, 2.05) is 0 Å². The highest BCUT2D eigenvalue weighted by Gasteiger charge is 2.23. The quantitative estimate of drug-likeness (QED) is 0.222. The van der Waals surface area contributed by atoms with Gasteiger partial charge in [-0.05, 0) is 30.7 Å². The zero-order chi connectivity index (χ0) is 23.3. The standard InChI is InChI=1S/C19H23N7O6.B/c20-19-25-15-14(17(30)26-19)23-11(8-22-15)7-21-10-3-1-9(2-4-10)16(29)24-12(18(31)32)5-6-13(27)28;/h1-4,11-12,21,23H,5-8H2,(H,24,29)(H,27,28)(H,31,32)(H4,20,22,25,26,30);. The molecule has 13 nitrogen and oxygen atoms in total. The third-order valence-electron chi connectivity index (χ3n) is 4.75. The number of hydrogen-bond donors (Lipinski definition) is 8. The molecule has 9 N–H and O–H groups in total. The fourth-order valence-corrected chi connectivity index (χ4v) is 3.10. The normalized spacial score (nSPS) is 15.0. The van der Waals surface area contributed by atoms with E-state index in [1.54, 1.807) is 12.1 Å². The van der Waals surface area contributed by atoms with E-state index < -0.39 is 23.9 Å². The number of nitrogens with one attached hydrogen (secondary N) is 5. The summed E-state index contributed by atoms with van der Waals surface area (Å²) in [4.78, 5) is 52.6. The van der Waals surface area contributed by atoms with E-state index in [9.17, 15) is 19.2 Å². The molecule has 0 fully saturated rings. The molecule has 3 rings (SSSR count). The molecule has 0 bridgehead atoms. The third-order valence-corrected chi connectivity index (χ3v) is 4.75. The van der Waals surface area contributed by atoms with Gasteiger partial charge in [0.2, 0.25) is 5.95 Å². The fourth-order valence-electron chi connectivity index (χ4n) is 3.10. The molecule has 0 spiro atoms. The number of aromatic nitrogens is 2. The van der Waals surface area contributed by atoms with E-state index >= 15 is 0 Å². The lowest BCUT2D eigenvalue weighted by molar-refractivity contribution is -0.140. The Labute approximate surface area is 189 Å². The minimum absolute atomic E-state index is 0. The summed E-state index contributed by atoms with van der Waals surface area (Å²) in [6.07, 6.45) is -0.587. The van der Waals surface area contributed by atoms with Crippen LogP contribution in [0.3, 0.4) is 0 Å². The van der Waals surface area contributed by atoms with E-state index in [-0.39, 0.29) is 44.4 Å². The maximum Gasteiger partial charge on any atom is 0.326 e. The highest BCUT2D eigenvalue weighted by molar-refractivity contribution is 5.96. The van der Waals surface area contributed by atoms with Gasteiger partial charge in [-0.2, -0.15) is 4.98 Å². The van der Waals surface area contributed by atoms with Crippen molar-refractivity contribution in [3.05, 3.63) is 40.2 Å². The molecule has 1 amide bonds. The average Bonchev–Trinajstić information content (AvgIpc) is 2.75. The second kappa shape index (κ2) is 10.9. The molecule has 2 heterocycles. The number of carboxylic acids is 2. The number of carbonyl (C=O) groups is 3. The van der Waals surface area contributed by atoms with Crippen molar-refractivity contribution in [1.82, 2.24) is 15.3 Å². The maximum absolute atomic E-state index is 12.3. The van der Waals surface area contributed by atoms with Gasteiger partial charge in [0.1, 0.15) is 11.7 Å². The summed E-state index contributed by atoms with van der Waals surface area (Å²) in [6, 6.07) is 4.93. The maximum atomic E-state index is 12.3. The minimum Gasteiger partial charge on any atom is -0.481 e. The first-order valence-electron chi connectivity index (χ1n) is 9.72. The van der Waals surface area contributed by atoms with E-state index in [1.165, 1.54) is 12.1 Å². The van der Waals surface area contributed by atoms with Gasteiger partial charge in [0.15, 0.2) is 5.82 Å². The Balaban J connectivity index is 0.00000385. The summed E-state index contributed by atoms with van der Waals surface area (Å²) in [5, 5.41) is 29.5. The Hall–Kier alpha value is -4.23. The Morgan fingerprint density at radius 2 is 1.91 bits per heavy atom. The largest absolute Gasteiger partial charge is 0.481 e. The number of fused-ring (bicyclic) bond motifs is 1. The Morgan fingerprint density at radius 1 is 1.21 bits per heavy atom. The van der Waals surface area contributed by atoms with Gasteiger partial charge in [0.25, 0.3) is 11.5 Å². The van der Waals surface area contributed by atoms with Crippen LogP contribution in [0.2, 0.25) is 0 Å². The number of benzene rings is 1. The van der Waals surface area contributed by atoms with Gasteiger partial charge in [-0.1, -0.05) is 0 Å². The molecule has 33 heavy (non-hydrogen) atoms. The molecule has 173 valence electrons. The monoisotopic (exact) mass is 456 g/mol. The van der Waals surface area contributed by atoms with Gasteiger partial charge in [-0.15, -0.1) is 0 Å². The predicted octanol–water partition coefficient (Wildman–Crippen LogP) is -0.663. The Morgan fingerprint density at radius 3 is 2.55 bits per heavy atom. The molecule has 3 radical (unpaired) electrons. The molecule has 2 aromatic rings.